The van der Waals surface area contributed by atoms with E-state index in [1.54, 1.807) is 18.2 Å². The predicted molar refractivity (Wildman–Crippen MR) is 50.7 cm³/mol. The molecule has 2 rings (SSSR count). The van der Waals surface area contributed by atoms with Crippen LogP contribution in [0.5, 0.6) is 0 Å². The third-order valence-electron chi connectivity index (χ3n) is 2.08. The van der Waals surface area contributed by atoms with Crippen LogP contribution >= 0.6 is 11.6 Å². The van der Waals surface area contributed by atoms with Gasteiger partial charge < -0.3 is 9.47 Å². The highest BCUT2D eigenvalue weighted by molar-refractivity contribution is 6.18. The smallest absolute Gasteiger partial charge is 0.187 e. The van der Waals surface area contributed by atoms with Gasteiger partial charge in [-0.25, -0.2) is 4.39 Å². The molecule has 1 aliphatic heterocycles. The fraction of sp³-hybridized carbons (Fsp3) is 0.400. The number of hydrogen-bond acceptors (Lipinski definition) is 2. The lowest BCUT2D eigenvalue weighted by Gasteiger charge is -2.10. The molecule has 4 heteroatoms. The molecular formula is C10H10ClFO2. The van der Waals surface area contributed by atoms with E-state index in [-0.39, 0.29) is 11.9 Å². The Morgan fingerprint density at radius 2 is 2.21 bits per heavy atom. The van der Waals surface area contributed by atoms with Crippen LogP contribution < -0.4 is 0 Å². The molecule has 0 spiro atoms. The zero-order valence-electron chi connectivity index (χ0n) is 7.45. The van der Waals surface area contributed by atoms with Crippen molar-refractivity contribution in [3.8, 4) is 0 Å². The third-order valence-corrected chi connectivity index (χ3v) is 2.43. The first-order valence-corrected chi connectivity index (χ1v) is 4.92. The molecule has 1 heterocycles. The quantitative estimate of drug-likeness (QED) is 0.708. The molecule has 1 saturated heterocycles. The minimum atomic E-state index is -0.611. The van der Waals surface area contributed by atoms with Gasteiger partial charge in [0.05, 0.1) is 18.6 Å². The molecule has 0 radical (unpaired) electrons. The molecule has 14 heavy (non-hydrogen) atoms. The van der Waals surface area contributed by atoms with Crippen LogP contribution in [0.4, 0.5) is 4.39 Å². The van der Waals surface area contributed by atoms with Crippen molar-refractivity contribution in [2.45, 2.75) is 12.4 Å². The van der Waals surface area contributed by atoms with Crippen LogP contribution in [0.25, 0.3) is 0 Å². The Labute approximate surface area is 86.6 Å². The molecule has 76 valence electrons. The molecular weight excluding hydrogens is 207 g/mol. The first kappa shape index (κ1) is 9.90. The number of rotatable bonds is 2. The topological polar surface area (TPSA) is 18.5 Å². The molecule has 1 aromatic carbocycles. The van der Waals surface area contributed by atoms with E-state index >= 15 is 0 Å². The molecule has 0 saturated carbocycles. The van der Waals surface area contributed by atoms with Gasteiger partial charge in [0, 0.05) is 5.56 Å². The van der Waals surface area contributed by atoms with Crippen molar-refractivity contribution in [3.05, 3.63) is 35.6 Å². The molecule has 0 aromatic heterocycles. The average molecular weight is 217 g/mol. The van der Waals surface area contributed by atoms with E-state index in [1.165, 1.54) is 6.07 Å². The van der Waals surface area contributed by atoms with Gasteiger partial charge in [-0.2, -0.15) is 0 Å². The molecule has 2 atom stereocenters. The summed E-state index contributed by atoms with van der Waals surface area (Å²) in [6.07, 6.45) is -0.749. The monoisotopic (exact) mass is 216 g/mol. The van der Waals surface area contributed by atoms with Crippen molar-refractivity contribution in [3.63, 3.8) is 0 Å². The maximum Gasteiger partial charge on any atom is 0.187 e. The molecule has 0 bridgehead atoms. The van der Waals surface area contributed by atoms with Crippen molar-refractivity contribution in [2.75, 3.05) is 12.5 Å². The van der Waals surface area contributed by atoms with E-state index in [2.05, 4.69) is 0 Å². The maximum absolute atomic E-state index is 13.3. The van der Waals surface area contributed by atoms with Gasteiger partial charge in [0.25, 0.3) is 0 Å². The second kappa shape index (κ2) is 4.26. The molecule has 0 aliphatic carbocycles. The summed E-state index contributed by atoms with van der Waals surface area (Å²) in [4.78, 5) is 0. The standard InChI is InChI=1S/C10H10ClFO2/c11-5-7-6-13-10(14-7)8-3-1-2-4-9(8)12/h1-4,7,10H,5-6H2. The van der Waals surface area contributed by atoms with Crippen molar-refractivity contribution in [2.24, 2.45) is 0 Å². The highest BCUT2D eigenvalue weighted by Gasteiger charge is 2.28. The fourth-order valence-corrected chi connectivity index (χ4v) is 1.52. The molecule has 1 aromatic rings. The predicted octanol–water partition coefficient (Wildman–Crippen LogP) is 2.48. The highest BCUT2D eigenvalue weighted by Crippen LogP contribution is 2.28. The fourth-order valence-electron chi connectivity index (χ4n) is 1.36. The minimum Gasteiger partial charge on any atom is -0.346 e. The van der Waals surface area contributed by atoms with E-state index in [4.69, 9.17) is 21.1 Å². The zero-order chi connectivity index (χ0) is 9.97. The normalized spacial score (nSPS) is 26.7. The number of benzene rings is 1. The van der Waals surface area contributed by atoms with Crippen molar-refractivity contribution in [1.29, 1.82) is 0 Å². The number of ether oxygens (including phenoxy) is 2. The van der Waals surface area contributed by atoms with Gasteiger partial charge in [-0.3, -0.25) is 0 Å². The molecule has 1 aliphatic rings. The van der Waals surface area contributed by atoms with E-state index in [0.29, 0.717) is 18.1 Å². The Balaban J connectivity index is 2.13. The second-order valence-electron chi connectivity index (χ2n) is 3.10. The highest BCUT2D eigenvalue weighted by atomic mass is 35.5. The first-order valence-electron chi connectivity index (χ1n) is 4.38. The molecule has 2 nitrogen and oxygen atoms in total. The minimum absolute atomic E-state index is 0.138. The van der Waals surface area contributed by atoms with Crippen LogP contribution in [-0.4, -0.2) is 18.6 Å². The van der Waals surface area contributed by atoms with Gasteiger partial charge in [0.1, 0.15) is 5.82 Å². The Bertz CT molecular complexity index is 319. The van der Waals surface area contributed by atoms with Gasteiger partial charge in [0.2, 0.25) is 0 Å². The summed E-state index contributed by atoms with van der Waals surface area (Å²) in [7, 11) is 0. The van der Waals surface area contributed by atoms with Crippen LogP contribution in [0.15, 0.2) is 24.3 Å². The Morgan fingerprint density at radius 1 is 1.43 bits per heavy atom. The van der Waals surface area contributed by atoms with Crippen LogP contribution in [0.3, 0.4) is 0 Å². The van der Waals surface area contributed by atoms with Crippen LogP contribution in [0, 0.1) is 5.82 Å². The summed E-state index contributed by atoms with van der Waals surface area (Å²) < 4.78 is 23.9. The molecule has 0 N–H and O–H groups in total. The summed E-state index contributed by atoms with van der Waals surface area (Å²) >= 11 is 5.60. The lowest BCUT2D eigenvalue weighted by atomic mass is 10.2. The Morgan fingerprint density at radius 3 is 2.86 bits per heavy atom. The van der Waals surface area contributed by atoms with Gasteiger partial charge in [-0.15, -0.1) is 11.6 Å². The van der Waals surface area contributed by atoms with Crippen molar-refractivity contribution in [1.82, 2.24) is 0 Å². The molecule has 1 fully saturated rings. The largest absolute Gasteiger partial charge is 0.346 e. The first-order chi connectivity index (χ1) is 6.81. The molecule has 2 unspecified atom stereocenters. The molecule has 0 amide bonds. The van der Waals surface area contributed by atoms with Crippen molar-refractivity contribution >= 4 is 11.6 Å². The van der Waals surface area contributed by atoms with Crippen LogP contribution in [0.1, 0.15) is 11.9 Å². The van der Waals surface area contributed by atoms with E-state index in [0.717, 1.165) is 0 Å². The lowest BCUT2D eigenvalue weighted by Crippen LogP contribution is -2.11. The van der Waals surface area contributed by atoms with E-state index < -0.39 is 6.29 Å². The van der Waals surface area contributed by atoms with Crippen molar-refractivity contribution < 1.29 is 13.9 Å². The maximum atomic E-state index is 13.3. The van der Waals surface area contributed by atoms with Gasteiger partial charge in [-0.05, 0) is 6.07 Å². The lowest BCUT2D eigenvalue weighted by molar-refractivity contribution is -0.0589. The number of alkyl halides is 1. The van der Waals surface area contributed by atoms with Crippen LogP contribution in [-0.2, 0) is 9.47 Å². The summed E-state index contributed by atoms with van der Waals surface area (Å²) in [5, 5.41) is 0. The Hall–Kier alpha value is -0.640. The van der Waals surface area contributed by atoms with Gasteiger partial charge in [-0.1, -0.05) is 18.2 Å². The van der Waals surface area contributed by atoms with E-state index in [1.807, 2.05) is 0 Å². The summed E-state index contributed by atoms with van der Waals surface area (Å²) in [6.45, 7) is 0.419. The zero-order valence-corrected chi connectivity index (χ0v) is 8.21. The van der Waals surface area contributed by atoms with E-state index in [9.17, 15) is 4.39 Å². The summed E-state index contributed by atoms with van der Waals surface area (Å²) in [5.41, 5.74) is 0.431. The summed E-state index contributed by atoms with van der Waals surface area (Å²) in [5.74, 6) is 0.0537. The Kier molecular flexibility index (Phi) is 3.01. The average Bonchev–Trinajstić information content (AvgIpc) is 2.67. The third kappa shape index (κ3) is 1.90. The number of hydrogen-bond donors (Lipinski definition) is 0. The van der Waals surface area contributed by atoms with Gasteiger partial charge in [0.15, 0.2) is 6.29 Å². The number of halogens is 2. The van der Waals surface area contributed by atoms with Gasteiger partial charge >= 0.3 is 0 Å². The van der Waals surface area contributed by atoms with Crippen LogP contribution in [0.2, 0.25) is 0 Å². The summed E-state index contributed by atoms with van der Waals surface area (Å²) in [6, 6.07) is 6.42. The second-order valence-corrected chi connectivity index (χ2v) is 3.41. The SMILES string of the molecule is Fc1ccccc1C1OCC(CCl)O1.